The van der Waals surface area contributed by atoms with Crippen LogP contribution in [0.2, 0.25) is 0 Å². The molecule has 8 aromatic rings. The van der Waals surface area contributed by atoms with Crippen molar-refractivity contribution in [1.82, 2.24) is 9.55 Å². The third-order valence-corrected chi connectivity index (χ3v) is 9.14. The van der Waals surface area contributed by atoms with E-state index in [4.69, 9.17) is 9.72 Å². The SMILES string of the molecule is CC1(C)CN=C(c2ccc(-c3cc4c(c5ccccc35)c3ccc(-c5ccc6ccccc6c5)cc3n4-c3ccccc3)cn2)O1. The third-order valence-electron chi connectivity index (χ3n) is 9.14. The van der Waals surface area contributed by atoms with Gasteiger partial charge in [-0.25, -0.2) is 4.99 Å². The Morgan fingerprint density at radius 1 is 0.609 bits per heavy atom. The second kappa shape index (κ2) is 10.1. The van der Waals surface area contributed by atoms with Crippen molar-refractivity contribution in [2.24, 2.45) is 4.99 Å². The second-order valence-electron chi connectivity index (χ2n) is 12.7. The van der Waals surface area contributed by atoms with Gasteiger partial charge >= 0.3 is 0 Å². The fourth-order valence-electron chi connectivity index (χ4n) is 6.92. The molecular weight excluding hydrogens is 562 g/mol. The summed E-state index contributed by atoms with van der Waals surface area (Å²) in [5.74, 6) is 0.614. The van der Waals surface area contributed by atoms with Crippen molar-refractivity contribution in [3.63, 3.8) is 0 Å². The molecule has 0 radical (unpaired) electrons. The van der Waals surface area contributed by atoms with Crippen LogP contribution in [0.3, 0.4) is 0 Å². The number of rotatable bonds is 4. The van der Waals surface area contributed by atoms with Crippen molar-refractivity contribution in [1.29, 1.82) is 0 Å². The number of aliphatic imine (C=N–C) groups is 1. The largest absolute Gasteiger partial charge is 0.468 e. The number of pyridine rings is 1. The van der Waals surface area contributed by atoms with Crippen LogP contribution in [0.4, 0.5) is 0 Å². The average Bonchev–Trinajstić information content (AvgIpc) is 3.64. The maximum absolute atomic E-state index is 6.05. The molecule has 1 aliphatic rings. The van der Waals surface area contributed by atoms with Crippen molar-refractivity contribution < 1.29 is 4.74 Å². The van der Waals surface area contributed by atoms with Gasteiger partial charge in [0.05, 0.1) is 17.6 Å². The molecule has 0 N–H and O–H groups in total. The summed E-state index contributed by atoms with van der Waals surface area (Å²) in [6.07, 6.45) is 1.95. The van der Waals surface area contributed by atoms with Crippen LogP contribution in [0.25, 0.3) is 71.3 Å². The number of aromatic nitrogens is 2. The van der Waals surface area contributed by atoms with E-state index in [0.717, 1.165) is 22.5 Å². The zero-order valence-electron chi connectivity index (χ0n) is 25.7. The minimum absolute atomic E-state index is 0.296. The van der Waals surface area contributed by atoms with Crippen LogP contribution >= 0.6 is 0 Å². The maximum Gasteiger partial charge on any atom is 0.236 e. The Hall–Kier alpha value is -5.74. The van der Waals surface area contributed by atoms with Crippen LogP contribution in [0.15, 0.2) is 145 Å². The molecule has 4 heteroatoms. The molecular formula is C42H31N3O. The Morgan fingerprint density at radius 3 is 2.11 bits per heavy atom. The first kappa shape index (κ1) is 26.6. The molecule has 0 spiro atoms. The summed E-state index contributed by atoms with van der Waals surface area (Å²) in [6.45, 7) is 4.74. The molecule has 6 aromatic carbocycles. The first-order chi connectivity index (χ1) is 22.5. The number of fused-ring (bicyclic) bond motifs is 6. The normalized spacial score (nSPS) is 14.3. The molecule has 0 aliphatic carbocycles. The summed E-state index contributed by atoms with van der Waals surface area (Å²) < 4.78 is 8.47. The molecule has 3 heterocycles. The number of benzene rings is 6. The Balaban J connectivity index is 1.28. The Kier molecular flexibility index (Phi) is 5.88. The van der Waals surface area contributed by atoms with Crippen molar-refractivity contribution in [2.75, 3.05) is 6.54 Å². The molecule has 0 bridgehead atoms. The van der Waals surface area contributed by atoms with Crippen molar-refractivity contribution >= 4 is 49.2 Å². The van der Waals surface area contributed by atoms with Gasteiger partial charge in [0.15, 0.2) is 0 Å². The van der Waals surface area contributed by atoms with Crippen LogP contribution < -0.4 is 0 Å². The predicted molar refractivity (Wildman–Crippen MR) is 191 cm³/mol. The van der Waals surface area contributed by atoms with Crippen molar-refractivity contribution in [3.8, 4) is 27.9 Å². The number of hydrogen-bond acceptors (Lipinski definition) is 3. The van der Waals surface area contributed by atoms with E-state index in [9.17, 15) is 0 Å². The summed E-state index contributed by atoms with van der Waals surface area (Å²) in [5, 5.41) is 7.41. The standard InChI is InChI=1S/C42H31N3O/c1-42(2)26-44-41(46-42)37-21-19-31(25-43-37)36-24-39-40(34-15-9-8-14-33(34)36)35-20-18-30(23-38(35)45(39)32-12-4-3-5-13-32)29-17-16-27-10-6-7-11-28(27)22-29/h3-25H,26H2,1-2H3. The lowest BCUT2D eigenvalue weighted by Crippen LogP contribution is -2.24. The van der Waals surface area contributed by atoms with Crippen LogP contribution in [0, 0.1) is 0 Å². The molecule has 46 heavy (non-hydrogen) atoms. The maximum atomic E-state index is 6.05. The summed E-state index contributed by atoms with van der Waals surface area (Å²) in [6, 6.07) is 48.1. The Bertz CT molecular complexity index is 2490. The highest BCUT2D eigenvalue weighted by Gasteiger charge is 2.29. The van der Waals surface area contributed by atoms with E-state index < -0.39 is 0 Å². The van der Waals surface area contributed by atoms with E-state index in [1.807, 2.05) is 12.3 Å². The number of para-hydroxylation sites is 1. The molecule has 4 nitrogen and oxygen atoms in total. The lowest BCUT2D eigenvalue weighted by Gasteiger charge is -2.17. The number of ether oxygens (including phenoxy) is 1. The number of hydrogen-bond donors (Lipinski definition) is 0. The van der Waals surface area contributed by atoms with Gasteiger partial charge in [-0.15, -0.1) is 0 Å². The third kappa shape index (κ3) is 4.29. The fraction of sp³-hybridized carbons (Fsp3) is 0.0952. The fourth-order valence-corrected chi connectivity index (χ4v) is 6.92. The predicted octanol–water partition coefficient (Wildman–Crippen LogP) is 10.4. The zero-order valence-corrected chi connectivity index (χ0v) is 25.7. The van der Waals surface area contributed by atoms with E-state index in [1.54, 1.807) is 0 Å². The van der Waals surface area contributed by atoms with Gasteiger partial charge in [-0.3, -0.25) is 4.98 Å². The molecule has 0 fully saturated rings. The van der Waals surface area contributed by atoms with Gasteiger partial charge in [0, 0.05) is 28.2 Å². The molecule has 0 unspecified atom stereocenters. The molecule has 220 valence electrons. The van der Waals surface area contributed by atoms with E-state index in [1.165, 1.54) is 54.5 Å². The molecule has 0 atom stereocenters. The molecule has 0 saturated heterocycles. The van der Waals surface area contributed by atoms with Crippen LogP contribution in [-0.2, 0) is 4.74 Å². The first-order valence-corrected chi connectivity index (χ1v) is 15.8. The quantitative estimate of drug-likeness (QED) is 0.204. The molecule has 2 aromatic heterocycles. The summed E-state index contributed by atoms with van der Waals surface area (Å²) >= 11 is 0. The van der Waals surface area contributed by atoms with Gasteiger partial charge < -0.3 is 9.30 Å². The first-order valence-electron chi connectivity index (χ1n) is 15.8. The average molecular weight is 594 g/mol. The van der Waals surface area contributed by atoms with E-state index in [0.29, 0.717) is 12.4 Å². The van der Waals surface area contributed by atoms with Gasteiger partial charge in [0.2, 0.25) is 5.90 Å². The Labute approximate surface area is 267 Å². The summed E-state index contributed by atoms with van der Waals surface area (Å²) in [4.78, 5) is 9.41. The second-order valence-corrected chi connectivity index (χ2v) is 12.7. The van der Waals surface area contributed by atoms with Gasteiger partial charge in [-0.1, -0.05) is 97.1 Å². The smallest absolute Gasteiger partial charge is 0.236 e. The summed E-state index contributed by atoms with van der Waals surface area (Å²) in [7, 11) is 0. The highest BCUT2D eigenvalue weighted by atomic mass is 16.5. The van der Waals surface area contributed by atoms with Gasteiger partial charge in [-0.2, -0.15) is 0 Å². The van der Waals surface area contributed by atoms with Gasteiger partial charge in [-0.05, 0) is 88.5 Å². The van der Waals surface area contributed by atoms with Crippen molar-refractivity contribution in [2.45, 2.75) is 19.4 Å². The van der Waals surface area contributed by atoms with E-state index >= 15 is 0 Å². The highest BCUT2D eigenvalue weighted by Crippen LogP contribution is 2.42. The van der Waals surface area contributed by atoms with Gasteiger partial charge in [0.25, 0.3) is 0 Å². The minimum atomic E-state index is -0.296. The minimum Gasteiger partial charge on any atom is -0.468 e. The Morgan fingerprint density at radius 2 is 1.33 bits per heavy atom. The topological polar surface area (TPSA) is 39.4 Å². The lowest BCUT2D eigenvalue weighted by atomic mass is 9.95. The lowest BCUT2D eigenvalue weighted by molar-refractivity contribution is 0.131. The zero-order chi connectivity index (χ0) is 30.8. The molecule has 0 saturated carbocycles. The van der Waals surface area contributed by atoms with Gasteiger partial charge in [0.1, 0.15) is 11.3 Å². The summed E-state index contributed by atoms with van der Waals surface area (Å²) in [5.41, 5.74) is 8.56. The molecule has 9 rings (SSSR count). The van der Waals surface area contributed by atoms with Crippen LogP contribution in [-0.4, -0.2) is 27.6 Å². The van der Waals surface area contributed by atoms with Crippen molar-refractivity contribution in [3.05, 3.63) is 145 Å². The van der Waals surface area contributed by atoms with E-state index in [2.05, 4.69) is 151 Å². The number of nitrogens with zero attached hydrogens (tertiary/aromatic N) is 3. The van der Waals surface area contributed by atoms with E-state index in [-0.39, 0.29) is 5.60 Å². The van der Waals surface area contributed by atoms with Crippen LogP contribution in [0.5, 0.6) is 0 Å². The molecule has 1 aliphatic heterocycles. The van der Waals surface area contributed by atoms with Crippen LogP contribution in [0.1, 0.15) is 19.5 Å². The monoisotopic (exact) mass is 593 g/mol. The highest BCUT2D eigenvalue weighted by molar-refractivity contribution is 6.24. The molecule has 0 amide bonds.